The summed E-state index contributed by atoms with van der Waals surface area (Å²) in [5.74, 6) is 0.485. The molecule has 0 fully saturated rings. The maximum absolute atomic E-state index is 13.4. The van der Waals surface area contributed by atoms with Gasteiger partial charge in [0, 0.05) is 36.1 Å². The Morgan fingerprint density at radius 3 is 2.30 bits per heavy atom. The second-order valence-electron chi connectivity index (χ2n) is 7.17. The van der Waals surface area contributed by atoms with E-state index >= 15 is 0 Å². The Balaban J connectivity index is 1.57. The molecule has 4 aromatic rings. The van der Waals surface area contributed by atoms with Gasteiger partial charge in [0.25, 0.3) is 0 Å². The maximum Gasteiger partial charge on any atom is 0.126 e. The number of nitrogens with zero attached hydrogens (tertiary/aromatic N) is 2. The lowest BCUT2D eigenvalue weighted by Gasteiger charge is -2.16. The van der Waals surface area contributed by atoms with E-state index in [4.69, 9.17) is 10.7 Å². The van der Waals surface area contributed by atoms with Gasteiger partial charge in [0.15, 0.2) is 0 Å². The van der Waals surface area contributed by atoms with Gasteiger partial charge in [0.1, 0.15) is 11.6 Å². The molecule has 0 saturated carbocycles. The first-order valence-electron chi connectivity index (χ1n) is 9.90. The molecule has 4 rings (SSSR count). The highest BCUT2D eigenvalue weighted by Gasteiger charge is 2.12. The first kappa shape index (κ1) is 19.7. The van der Waals surface area contributed by atoms with E-state index < -0.39 is 0 Å². The third kappa shape index (κ3) is 4.88. The molecular formula is C25H23FN4. The predicted molar refractivity (Wildman–Crippen MR) is 119 cm³/mol. The van der Waals surface area contributed by atoms with E-state index in [1.807, 2.05) is 42.5 Å². The first-order valence-corrected chi connectivity index (χ1v) is 9.90. The number of hydrogen-bond donors (Lipinski definition) is 2. The number of anilines is 1. The molecule has 0 aliphatic rings. The fourth-order valence-corrected chi connectivity index (χ4v) is 3.37. The van der Waals surface area contributed by atoms with E-state index in [0.29, 0.717) is 6.54 Å². The quantitative estimate of drug-likeness (QED) is 0.463. The van der Waals surface area contributed by atoms with Crippen LogP contribution in [0.15, 0.2) is 91.3 Å². The molecule has 2 heterocycles. The highest BCUT2D eigenvalue weighted by atomic mass is 19.1. The number of nitrogens with two attached hydrogens (primary N) is 1. The summed E-state index contributed by atoms with van der Waals surface area (Å²) in [7, 11) is 0. The first-order chi connectivity index (χ1) is 14.7. The summed E-state index contributed by atoms with van der Waals surface area (Å²) >= 11 is 0. The second kappa shape index (κ2) is 9.29. The Morgan fingerprint density at radius 2 is 1.57 bits per heavy atom. The Labute approximate surface area is 175 Å². The molecule has 0 aliphatic carbocycles. The summed E-state index contributed by atoms with van der Waals surface area (Å²) in [6.45, 7) is 0.605. The van der Waals surface area contributed by atoms with Gasteiger partial charge in [-0.1, -0.05) is 42.5 Å². The zero-order valence-electron chi connectivity index (χ0n) is 16.5. The van der Waals surface area contributed by atoms with Crippen molar-refractivity contribution in [2.75, 3.05) is 11.9 Å². The van der Waals surface area contributed by atoms with Crippen LogP contribution in [0.4, 0.5) is 10.2 Å². The summed E-state index contributed by atoms with van der Waals surface area (Å²) in [5, 5.41) is 3.35. The Bertz CT molecular complexity index is 1080. The van der Waals surface area contributed by atoms with Crippen LogP contribution in [0.5, 0.6) is 0 Å². The van der Waals surface area contributed by atoms with Crippen molar-refractivity contribution < 1.29 is 4.39 Å². The van der Waals surface area contributed by atoms with Crippen LogP contribution in [0, 0.1) is 5.82 Å². The number of nitrogens with one attached hydrogen (secondary N) is 1. The third-order valence-corrected chi connectivity index (χ3v) is 4.89. The molecule has 0 spiro atoms. The molecule has 1 atom stereocenters. The van der Waals surface area contributed by atoms with E-state index in [1.54, 1.807) is 24.5 Å². The largest absolute Gasteiger partial charge is 0.368 e. The van der Waals surface area contributed by atoms with Crippen LogP contribution in [0.2, 0.25) is 0 Å². The average molecular weight is 398 g/mol. The lowest BCUT2D eigenvalue weighted by atomic mass is 10.00. The zero-order valence-corrected chi connectivity index (χ0v) is 16.5. The topological polar surface area (TPSA) is 63.8 Å². The van der Waals surface area contributed by atoms with Crippen LogP contribution in [0.1, 0.15) is 5.56 Å². The van der Waals surface area contributed by atoms with Gasteiger partial charge in [-0.25, -0.2) is 9.37 Å². The fraction of sp³-hybridized carbons (Fsp3) is 0.120. The minimum absolute atomic E-state index is 0.0321. The van der Waals surface area contributed by atoms with Crippen molar-refractivity contribution in [1.29, 1.82) is 0 Å². The van der Waals surface area contributed by atoms with Crippen LogP contribution >= 0.6 is 0 Å². The number of benzene rings is 2. The average Bonchev–Trinajstić information content (AvgIpc) is 2.79. The van der Waals surface area contributed by atoms with E-state index in [2.05, 4.69) is 22.4 Å². The van der Waals surface area contributed by atoms with Gasteiger partial charge in [0.05, 0.1) is 5.69 Å². The van der Waals surface area contributed by atoms with Crippen LogP contribution in [0.3, 0.4) is 0 Å². The normalized spacial score (nSPS) is 11.8. The lowest BCUT2D eigenvalue weighted by molar-refractivity contribution is 0.628. The van der Waals surface area contributed by atoms with Crippen LogP contribution in [-0.2, 0) is 6.42 Å². The summed E-state index contributed by atoms with van der Waals surface area (Å²) < 4.78 is 13.4. The minimum atomic E-state index is -0.261. The molecule has 0 saturated heterocycles. The van der Waals surface area contributed by atoms with Crippen LogP contribution < -0.4 is 11.1 Å². The minimum Gasteiger partial charge on any atom is -0.368 e. The number of halogens is 1. The van der Waals surface area contributed by atoms with E-state index in [1.165, 1.54) is 17.7 Å². The summed E-state index contributed by atoms with van der Waals surface area (Å²) in [4.78, 5) is 8.93. The smallest absolute Gasteiger partial charge is 0.126 e. The second-order valence-corrected chi connectivity index (χ2v) is 7.17. The van der Waals surface area contributed by atoms with Crippen molar-refractivity contribution in [1.82, 2.24) is 9.97 Å². The molecule has 150 valence electrons. The summed E-state index contributed by atoms with van der Waals surface area (Å²) in [6, 6.07) is 24.4. The maximum atomic E-state index is 13.4. The molecule has 1 unspecified atom stereocenters. The number of hydrogen-bond acceptors (Lipinski definition) is 4. The molecule has 2 aromatic carbocycles. The molecular weight excluding hydrogens is 375 g/mol. The van der Waals surface area contributed by atoms with Crippen LogP contribution in [0.25, 0.3) is 22.4 Å². The molecule has 0 bridgehead atoms. The van der Waals surface area contributed by atoms with Gasteiger partial charge in [-0.2, -0.15) is 0 Å². The lowest BCUT2D eigenvalue weighted by Crippen LogP contribution is -2.31. The van der Waals surface area contributed by atoms with Crippen molar-refractivity contribution in [3.05, 3.63) is 103 Å². The van der Waals surface area contributed by atoms with Gasteiger partial charge in [-0.15, -0.1) is 0 Å². The van der Waals surface area contributed by atoms with Crippen molar-refractivity contribution in [2.24, 2.45) is 5.73 Å². The van der Waals surface area contributed by atoms with Gasteiger partial charge < -0.3 is 11.1 Å². The number of rotatable bonds is 7. The Morgan fingerprint density at radius 1 is 0.833 bits per heavy atom. The SMILES string of the molecule is NC(CNc1ccc(-c2ccc(F)cc2)c(-c2ccncc2)n1)Cc1ccccc1. The molecule has 3 N–H and O–H groups in total. The standard InChI is InChI=1S/C25H23FN4/c26-21-8-6-19(7-9-21)23-10-11-24(30-25(23)20-12-14-28-15-13-20)29-17-22(27)16-18-4-2-1-3-5-18/h1-15,22H,16-17,27H2,(H,29,30). The molecule has 5 heteroatoms. The zero-order chi connectivity index (χ0) is 20.8. The van der Waals surface area contributed by atoms with Crippen molar-refractivity contribution in [2.45, 2.75) is 12.5 Å². The van der Waals surface area contributed by atoms with Gasteiger partial charge in [-0.05, 0) is 53.9 Å². The van der Waals surface area contributed by atoms with E-state index in [0.717, 1.165) is 34.6 Å². The molecule has 30 heavy (non-hydrogen) atoms. The summed E-state index contributed by atoms with van der Waals surface area (Å²) in [6.07, 6.45) is 4.27. The van der Waals surface area contributed by atoms with E-state index in [-0.39, 0.29) is 11.9 Å². The third-order valence-electron chi connectivity index (χ3n) is 4.89. The van der Waals surface area contributed by atoms with Crippen molar-refractivity contribution in [3.8, 4) is 22.4 Å². The molecule has 4 nitrogen and oxygen atoms in total. The van der Waals surface area contributed by atoms with Gasteiger partial charge in [0.2, 0.25) is 0 Å². The highest BCUT2D eigenvalue weighted by Crippen LogP contribution is 2.31. The fourth-order valence-electron chi connectivity index (χ4n) is 3.37. The number of pyridine rings is 2. The Kier molecular flexibility index (Phi) is 6.11. The number of aromatic nitrogens is 2. The molecule has 0 aliphatic heterocycles. The van der Waals surface area contributed by atoms with E-state index in [9.17, 15) is 4.39 Å². The highest BCUT2D eigenvalue weighted by molar-refractivity contribution is 5.81. The van der Waals surface area contributed by atoms with Crippen molar-refractivity contribution in [3.63, 3.8) is 0 Å². The molecule has 2 aromatic heterocycles. The van der Waals surface area contributed by atoms with Gasteiger partial charge in [-0.3, -0.25) is 4.98 Å². The predicted octanol–water partition coefficient (Wildman–Crippen LogP) is 4.93. The van der Waals surface area contributed by atoms with Crippen LogP contribution in [-0.4, -0.2) is 22.6 Å². The molecule has 0 radical (unpaired) electrons. The summed E-state index contributed by atoms with van der Waals surface area (Å²) in [5.41, 5.74) is 11.1. The van der Waals surface area contributed by atoms with Crippen molar-refractivity contribution >= 4 is 5.82 Å². The van der Waals surface area contributed by atoms with Gasteiger partial charge >= 0.3 is 0 Å². The monoisotopic (exact) mass is 398 g/mol. The Hall–Kier alpha value is -3.57. The molecule has 0 amide bonds.